The summed E-state index contributed by atoms with van der Waals surface area (Å²) in [5.41, 5.74) is -0.824. The zero-order valence-corrected chi connectivity index (χ0v) is 28.9. The van der Waals surface area contributed by atoms with E-state index in [4.69, 9.17) is 6.57 Å². The minimum atomic E-state index is -0.787. The number of hydrogen-bond donors (Lipinski definition) is 0. The molecular weight excluding hydrogens is 586 g/mol. The smallest absolute Gasteiger partial charge is 0.238 e. The van der Waals surface area contributed by atoms with Crippen LogP contribution >= 0.6 is 0 Å². The molecule has 3 saturated carbocycles. The van der Waals surface area contributed by atoms with E-state index in [1.165, 1.54) is 17.1 Å². The molecule has 0 aromatic carbocycles. The summed E-state index contributed by atoms with van der Waals surface area (Å²) >= 11 is 0. The molecule has 0 N–H and O–H groups in total. The molecule has 0 amide bonds. The molecule has 47 heavy (non-hydrogen) atoms. The first kappa shape index (κ1) is 31.9. The second-order valence-electron chi connectivity index (χ2n) is 17.5. The standard InChI is InChI=1S/C40H47N3O4/c1-35(2)15-17-40(34(47)43-23-42-22-27(43)32(45)24-11-9-10-12-24)18-16-39(7)31(25(40)20-35)28(44)19-30-37(5)21-26(41-8)33(46)36(3,4)29(37)13-14-38(30,39)6/h9,11-12,19,21-23,25,29,31H,10,13-18,20H2,1-7H3. The van der Waals surface area contributed by atoms with Gasteiger partial charge in [0.25, 0.3) is 0 Å². The summed E-state index contributed by atoms with van der Waals surface area (Å²) in [6.45, 7) is 23.0. The van der Waals surface area contributed by atoms with Gasteiger partial charge >= 0.3 is 0 Å². The zero-order chi connectivity index (χ0) is 33.9. The van der Waals surface area contributed by atoms with Crippen LogP contribution in [0.2, 0.25) is 0 Å². The second kappa shape index (κ2) is 9.94. The van der Waals surface area contributed by atoms with Gasteiger partial charge < -0.3 is 4.79 Å². The second-order valence-corrected chi connectivity index (χ2v) is 17.5. The van der Waals surface area contributed by atoms with Gasteiger partial charge in [0.05, 0.1) is 18.2 Å². The fourth-order valence-corrected chi connectivity index (χ4v) is 11.6. The molecule has 7 heteroatoms. The number of carbonyl (C=O) groups is 4. The van der Waals surface area contributed by atoms with E-state index in [2.05, 4.69) is 44.4 Å². The first-order valence-electron chi connectivity index (χ1n) is 17.4. The van der Waals surface area contributed by atoms with E-state index >= 15 is 0 Å². The van der Waals surface area contributed by atoms with Crippen molar-refractivity contribution in [2.75, 3.05) is 0 Å². The van der Waals surface area contributed by atoms with Gasteiger partial charge in [0, 0.05) is 22.3 Å². The Morgan fingerprint density at radius 1 is 1.00 bits per heavy atom. The van der Waals surface area contributed by atoms with Crippen molar-refractivity contribution in [3.8, 4) is 0 Å². The van der Waals surface area contributed by atoms with Crippen molar-refractivity contribution in [1.82, 2.24) is 9.55 Å². The van der Waals surface area contributed by atoms with Gasteiger partial charge in [-0.15, -0.1) is 0 Å². The van der Waals surface area contributed by atoms with Crippen LogP contribution in [0.25, 0.3) is 4.85 Å². The van der Waals surface area contributed by atoms with Gasteiger partial charge in [-0.1, -0.05) is 78.3 Å². The summed E-state index contributed by atoms with van der Waals surface area (Å²) in [6, 6.07) is 0. The summed E-state index contributed by atoms with van der Waals surface area (Å²) in [7, 11) is 0. The number of Topliss-reactive ketones (excluding diaryl/α,β-unsaturated/α-hetero) is 2. The quantitative estimate of drug-likeness (QED) is 0.247. The monoisotopic (exact) mass is 633 g/mol. The molecule has 7 nitrogen and oxygen atoms in total. The number of rotatable bonds is 3. The van der Waals surface area contributed by atoms with E-state index in [0.29, 0.717) is 31.3 Å². The van der Waals surface area contributed by atoms with Gasteiger partial charge in [0.2, 0.25) is 17.4 Å². The van der Waals surface area contributed by atoms with Crippen molar-refractivity contribution in [3.05, 3.63) is 76.9 Å². The first-order valence-corrected chi connectivity index (χ1v) is 17.4. The van der Waals surface area contributed by atoms with Crippen LogP contribution in [-0.4, -0.2) is 32.8 Å². The molecule has 0 saturated heterocycles. The number of hydrogen-bond acceptors (Lipinski definition) is 5. The van der Waals surface area contributed by atoms with Gasteiger partial charge in [-0.3, -0.25) is 19.0 Å². The number of ketones is 3. The Morgan fingerprint density at radius 3 is 2.40 bits per heavy atom. The minimum Gasteiger partial charge on any atom is -0.307 e. The molecule has 3 fully saturated rings. The van der Waals surface area contributed by atoms with Gasteiger partial charge in [-0.05, 0) is 85.5 Å². The lowest BCUT2D eigenvalue weighted by Gasteiger charge is -2.69. The van der Waals surface area contributed by atoms with Crippen LogP contribution in [0.4, 0.5) is 0 Å². The number of imidazole rings is 1. The lowest BCUT2D eigenvalue weighted by atomic mass is 9.34. The Morgan fingerprint density at radius 2 is 1.72 bits per heavy atom. The Bertz CT molecular complexity index is 1810. The number of nitrogens with zero attached hydrogens (tertiary/aromatic N) is 3. The Kier molecular flexibility index (Phi) is 6.75. The summed E-state index contributed by atoms with van der Waals surface area (Å²) < 4.78 is 1.49. The summed E-state index contributed by atoms with van der Waals surface area (Å²) in [6.07, 6.45) is 18.4. The van der Waals surface area contributed by atoms with E-state index in [0.717, 1.165) is 31.3 Å². The number of carbonyl (C=O) groups excluding carboxylic acids is 4. The Balaban J connectivity index is 1.35. The molecule has 1 aromatic rings. The molecule has 1 heterocycles. The number of allylic oxidation sites excluding steroid dienone is 8. The fourth-order valence-electron chi connectivity index (χ4n) is 11.6. The van der Waals surface area contributed by atoms with Crippen LogP contribution in [-0.2, 0) is 9.59 Å². The predicted molar refractivity (Wildman–Crippen MR) is 179 cm³/mol. The highest BCUT2D eigenvalue weighted by atomic mass is 16.2. The van der Waals surface area contributed by atoms with E-state index in [-0.39, 0.29) is 63.2 Å². The Hall–Kier alpha value is -3.66. The van der Waals surface area contributed by atoms with Crippen LogP contribution < -0.4 is 0 Å². The van der Waals surface area contributed by atoms with Gasteiger partial charge in [0.1, 0.15) is 12.0 Å². The molecule has 1 aromatic heterocycles. The molecule has 0 spiro atoms. The highest BCUT2D eigenvalue weighted by molar-refractivity contribution is 6.11. The average Bonchev–Trinajstić information content (AvgIpc) is 3.73. The average molecular weight is 634 g/mol. The van der Waals surface area contributed by atoms with E-state index in [1.807, 2.05) is 38.2 Å². The molecule has 7 atom stereocenters. The summed E-state index contributed by atoms with van der Waals surface area (Å²) in [4.78, 5) is 64.7. The topological polar surface area (TPSA) is 90.5 Å². The van der Waals surface area contributed by atoms with E-state index in [9.17, 15) is 19.2 Å². The maximum atomic E-state index is 15.0. The third-order valence-electron chi connectivity index (χ3n) is 14.4. The predicted octanol–water partition coefficient (Wildman–Crippen LogP) is 8.17. The van der Waals surface area contributed by atoms with Crippen molar-refractivity contribution >= 4 is 23.3 Å². The molecule has 7 rings (SSSR count). The lowest BCUT2D eigenvalue weighted by molar-refractivity contribution is -0.164. The lowest BCUT2D eigenvalue weighted by Crippen LogP contribution is -2.66. The normalized spacial score (nSPS) is 39.7. The van der Waals surface area contributed by atoms with Gasteiger partial charge in [-0.25, -0.2) is 9.83 Å². The van der Waals surface area contributed by atoms with E-state index < -0.39 is 21.7 Å². The highest BCUT2D eigenvalue weighted by Crippen LogP contribution is 2.74. The van der Waals surface area contributed by atoms with Crippen LogP contribution in [0.5, 0.6) is 0 Å². The molecule has 0 bridgehead atoms. The highest BCUT2D eigenvalue weighted by Gasteiger charge is 2.71. The van der Waals surface area contributed by atoms with Crippen LogP contribution in [0, 0.1) is 56.8 Å². The van der Waals surface area contributed by atoms with Crippen molar-refractivity contribution in [2.45, 2.75) is 99.8 Å². The van der Waals surface area contributed by atoms with Crippen molar-refractivity contribution in [1.29, 1.82) is 0 Å². The molecular formula is C40H47N3O4. The Labute approximate surface area is 278 Å². The SMILES string of the molecule is [C-]#[N+]C1=CC2(C)C3=CC(=O)C4C5CC(C)(C)CCC5(C(=O)n5cncc5C(=O)C5=CCC=C5)CCC4(C)C3(C)CCC2C(C)(C)C1=O. The zero-order valence-electron chi connectivity index (χ0n) is 28.9. The molecule has 0 aliphatic heterocycles. The maximum absolute atomic E-state index is 15.0. The number of fused-ring (bicyclic) bond motifs is 7. The van der Waals surface area contributed by atoms with Gasteiger partial charge in [-0.2, -0.15) is 0 Å². The van der Waals surface area contributed by atoms with Crippen LogP contribution in [0.1, 0.15) is 115 Å². The maximum Gasteiger partial charge on any atom is 0.238 e. The van der Waals surface area contributed by atoms with Crippen LogP contribution in [0.15, 0.2) is 59.7 Å². The van der Waals surface area contributed by atoms with Crippen molar-refractivity contribution in [3.63, 3.8) is 0 Å². The summed E-state index contributed by atoms with van der Waals surface area (Å²) in [5.74, 6) is -0.914. The van der Waals surface area contributed by atoms with Crippen molar-refractivity contribution in [2.24, 2.45) is 50.2 Å². The van der Waals surface area contributed by atoms with Crippen LogP contribution in [0.3, 0.4) is 0 Å². The van der Waals surface area contributed by atoms with Crippen molar-refractivity contribution < 1.29 is 19.2 Å². The summed E-state index contributed by atoms with van der Waals surface area (Å²) in [5, 5.41) is 0. The fraction of sp³-hybridized carbons (Fsp3) is 0.600. The molecule has 6 aliphatic rings. The largest absolute Gasteiger partial charge is 0.307 e. The molecule has 6 aliphatic carbocycles. The third kappa shape index (κ3) is 4.06. The van der Waals surface area contributed by atoms with E-state index in [1.54, 1.807) is 6.08 Å². The first-order chi connectivity index (χ1) is 22.0. The molecule has 0 radical (unpaired) electrons. The minimum absolute atomic E-state index is 0.0137. The van der Waals surface area contributed by atoms with Gasteiger partial charge in [0.15, 0.2) is 11.6 Å². The third-order valence-corrected chi connectivity index (χ3v) is 14.4. The number of aromatic nitrogens is 2. The molecule has 7 unspecified atom stereocenters. The molecule has 246 valence electrons.